The van der Waals surface area contributed by atoms with E-state index < -0.39 is 0 Å². The van der Waals surface area contributed by atoms with Crippen molar-refractivity contribution >= 4 is 32.6 Å². The summed E-state index contributed by atoms with van der Waals surface area (Å²) in [7, 11) is 0. The molecule has 0 bridgehead atoms. The van der Waals surface area contributed by atoms with E-state index >= 15 is 0 Å². The van der Waals surface area contributed by atoms with Gasteiger partial charge in [-0.05, 0) is 71.5 Å². The normalized spacial score (nSPS) is 12.1. The minimum Gasteiger partial charge on any atom is -0.321 e. The van der Waals surface area contributed by atoms with Gasteiger partial charge in [-0.3, -0.25) is 0 Å². The van der Waals surface area contributed by atoms with Crippen LogP contribution in [0.1, 0.15) is 57.6 Å². The summed E-state index contributed by atoms with van der Waals surface area (Å²) in [4.78, 5) is 0. The number of benzene rings is 5. The van der Waals surface area contributed by atoms with Crippen LogP contribution in [0.25, 0.3) is 49.4 Å². The Morgan fingerprint density at radius 3 is 2.13 bits per heavy atom. The number of nitrogens with zero attached hydrogens (tertiary/aromatic N) is 1. The summed E-state index contributed by atoms with van der Waals surface area (Å²) >= 11 is 0. The summed E-state index contributed by atoms with van der Waals surface area (Å²) in [5, 5.41) is 5.03. The third kappa shape index (κ3) is 4.43. The molecule has 0 aliphatic carbocycles. The van der Waals surface area contributed by atoms with Gasteiger partial charge in [-0.25, -0.2) is 0 Å². The Morgan fingerprint density at radius 1 is 0.641 bits per heavy atom. The van der Waals surface area contributed by atoms with Crippen molar-refractivity contribution in [3.05, 3.63) is 114 Å². The zero-order valence-corrected chi connectivity index (χ0v) is 23.4. The van der Waals surface area contributed by atoms with E-state index in [9.17, 15) is 0 Å². The fourth-order valence-electron chi connectivity index (χ4n) is 6.12. The Morgan fingerprint density at radius 2 is 1.33 bits per heavy atom. The molecule has 0 fully saturated rings. The van der Waals surface area contributed by atoms with Crippen LogP contribution < -0.4 is 5.73 Å². The number of rotatable bonds is 8. The molecule has 6 rings (SSSR count). The van der Waals surface area contributed by atoms with Gasteiger partial charge in [0.2, 0.25) is 0 Å². The largest absolute Gasteiger partial charge is 0.321 e. The van der Waals surface area contributed by atoms with E-state index in [1.54, 1.807) is 0 Å². The summed E-state index contributed by atoms with van der Waals surface area (Å²) in [5.41, 5.74) is 15.4. The predicted molar refractivity (Wildman–Crippen MR) is 169 cm³/mol. The third-order valence-electron chi connectivity index (χ3n) is 8.69. The van der Waals surface area contributed by atoms with Crippen LogP contribution in [0.2, 0.25) is 0 Å². The molecule has 2 heteroatoms. The van der Waals surface area contributed by atoms with E-state index in [0.717, 1.165) is 19.3 Å². The molecule has 2 nitrogen and oxygen atoms in total. The molecule has 196 valence electrons. The van der Waals surface area contributed by atoms with E-state index in [1.165, 1.54) is 73.4 Å². The highest BCUT2D eigenvalue weighted by atomic mass is 15.0. The van der Waals surface area contributed by atoms with Crippen molar-refractivity contribution in [2.75, 3.05) is 0 Å². The maximum Gasteiger partial charge on any atom is 0.0547 e. The van der Waals surface area contributed by atoms with Crippen LogP contribution in [0, 0.1) is 0 Å². The summed E-state index contributed by atoms with van der Waals surface area (Å²) in [6, 6.07) is 38.2. The average molecular weight is 511 g/mol. The average Bonchev–Trinajstić information content (AvgIpc) is 3.32. The molecular formula is C37H38N2. The van der Waals surface area contributed by atoms with Gasteiger partial charge in [0.1, 0.15) is 0 Å². The summed E-state index contributed by atoms with van der Waals surface area (Å²) in [5.74, 6) is 0. The van der Waals surface area contributed by atoms with Crippen LogP contribution in [-0.4, -0.2) is 4.57 Å². The van der Waals surface area contributed by atoms with Crippen molar-refractivity contribution in [1.29, 1.82) is 0 Å². The molecule has 1 aromatic heterocycles. The second kappa shape index (κ2) is 10.4. The first-order valence-electron chi connectivity index (χ1n) is 14.5. The molecule has 0 saturated carbocycles. The summed E-state index contributed by atoms with van der Waals surface area (Å²) in [6.07, 6.45) is 5.37. The lowest BCUT2D eigenvalue weighted by atomic mass is 9.85. The molecule has 0 radical (unpaired) electrons. The van der Waals surface area contributed by atoms with Gasteiger partial charge < -0.3 is 10.3 Å². The van der Waals surface area contributed by atoms with E-state index in [2.05, 4.69) is 128 Å². The molecule has 0 saturated heterocycles. The zero-order chi connectivity index (χ0) is 27.0. The molecule has 39 heavy (non-hydrogen) atoms. The molecule has 0 amide bonds. The molecule has 5 aromatic carbocycles. The predicted octanol–water partition coefficient (Wildman–Crippen LogP) is 9.92. The smallest absolute Gasteiger partial charge is 0.0547 e. The Balaban J connectivity index is 1.65. The van der Waals surface area contributed by atoms with Gasteiger partial charge in [-0.2, -0.15) is 0 Å². The molecule has 6 aromatic rings. The van der Waals surface area contributed by atoms with Crippen molar-refractivity contribution in [3.63, 3.8) is 0 Å². The highest BCUT2D eigenvalue weighted by molar-refractivity contribution is 6.11. The van der Waals surface area contributed by atoms with Crippen molar-refractivity contribution in [2.45, 2.75) is 58.4 Å². The van der Waals surface area contributed by atoms with Crippen LogP contribution in [0.15, 0.2) is 103 Å². The fraction of sp³-hybridized carbons (Fsp3) is 0.243. The Bertz CT molecular complexity index is 1780. The molecule has 2 N–H and O–H groups in total. The van der Waals surface area contributed by atoms with Gasteiger partial charge in [0.25, 0.3) is 0 Å². The van der Waals surface area contributed by atoms with Crippen molar-refractivity contribution in [1.82, 2.24) is 4.57 Å². The number of hydrogen-bond donors (Lipinski definition) is 1. The second-order valence-corrected chi connectivity index (χ2v) is 11.0. The van der Waals surface area contributed by atoms with Crippen LogP contribution >= 0.6 is 0 Å². The standard InChI is InChI=1S/C37H38N2/c1-4-7-12-26-13-10-16-28(23-26)29-19-21-32-33-22-20-30(37(38,5-2)6-3)25-36(33)39(35(32)24-29)34-18-11-15-27-14-8-9-17-31(27)34/h8-11,13-25H,4-7,12,38H2,1-3H3. The van der Waals surface area contributed by atoms with Crippen LogP contribution in [0.3, 0.4) is 0 Å². The molecule has 1 heterocycles. The lowest BCUT2D eigenvalue weighted by Gasteiger charge is -2.27. The molecular weight excluding hydrogens is 472 g/mol. The maximum absolute atomic E-state index is 6.92. The molecule has 0 unspecified atom stereocenters. The Labute approximate surface area is 232 Å². The zero-order valence-electron chi connectivity index (χ0n) is 23.4. The minimum absolute atomic E-state index is 0.335. The highest BCUT2D eigenvalue weighted by Gasteiger charge is 2.25. The first kappa shape index (κ1) is 25.4. The molecule has 0 spiro atoms. The van der Waals surface area contributed by atoms with Gasteiger partial charge in [0.05, 0.1) is 16.7 Å². The Kier molecular flexibility index (Phi) is 6.74. The quantitative estimate of drug-likeness (QED) is 0.217. The van der Waals surface area contributed by atoms with Crippen LogP contribution in [0.4, 0.5) is 0 Å². The highest BCUT2D eigenvalue weighted by Crippen LogP contribution is 2.39. The van der Waals surface area contributed by atoms with Gasteiger partial charge in [-0.15, -0.1) is 0 Å². The van der Waals surface area contributed by atoms with Gasteiger partial charge in [-0.1, -0.05) is 112 Å². The van der Waals surface area contributed by atoms with Gasteiger partial charge in [0.15, 0.2) is 0 Å². The van der Waals surface area contributed by atoms with Crippen molar-refractivity contribution in [2.24, 2.45) is 5.73 Å². The van der Waals surface area contributed by atoms with E-state index in [-0.39, 0.29) is 5.54 Å². The summed E-state index contributed by atoms with van der Waals surface area (Å²) in [6.45, 7) is 6.63. The lowest BCUT2D eigenvalue weighted by Crippen LogP contribution is -2.35. The number of aryl methyl sites for hydroxylation is 1. The van der Waals surface area contributed by atoms with Gasteiger partial charge in [0, 0.05) is 21.7 Å². The number of aromatic nitrogens is 1. The first-order valence-corrected chi connectivity index (χ1v) is 14.5. The van der Waals surface area contributed by atoms with Crippen LogP contribution in [-0.2, 0) is 12.0 Å². The second-order valence-electron chi connectivity index (χ2n) is 11.0. The van der Waals surface area contributed by atoms with Crippen LogP contribution in [0.5, 0.6) is 0 Å². The molecule has 0 aliphatic rings. The Hall–Kier alpha value is -3.88. The number of unbranched alkanes of at least 4 members (excludes halogenated alkanes) is 1. The summed E-state index contributed by atoms with van der Waals surface area (Å²) < 4.78 is 2.46. The minimum atomic E-state index is -0.335. The molecule has 0 aliphatic heterocycles. The fourth-order valence-corrected chi connectivity index (χ4v) is 6.12. The maximum atomic E-state index is 6.92. The number of fused-ring (bicyclic) bond motifs is 4. The number of hydrogen-bond acceptors (Lipinski definition) is 1. The SMILES string of the molecule is CCCCc1cccc(-c2ccc3c4ccc(C(N)(CC)CC)cc4n(-c4cccc5ccccc45)c3c2)c1. The van der Waals surface area contributed by atoms with E-state index in [1.807, 2.05) is 0 Å². The van der Waals surface area contributed by atoms with E-state index in [0.29, 0.717) is 0 Å². The topological polar surface area (TPSA) is 30.9 Å². The van der Waals surface area contributed by atoms with Crippen molar-refractivity contribution < 1.29 is 0 Å². The van der Waals surface area contributed by atoms with Gasteiger partial charge >= 0.3 is 0 Å². The first-order chi connectivity index (χ1) is 19.1. The lowest BCUT2D eigenvalue weighted by molar-refractivity contribution is 0.413. The van der Waals surface area contributed by atoms with Crippen molar-refractivity contribution in [3.8, 4) is 16.8 Å². The molecule has 0 atom stereocenters. The monoisotopic (exact) mass is 510 g/mol. The third-order valence-corrected chi connectivity index (χ3v) is 8.69. The van der Waals surface area contributed by atoms with E-state index in [4.69, 9.17) is 5.73 Å². The number of nitrogens with two attached hydrogens (primary N) is 1.